The van der Waals surface area contributed by atoms with Crippen LogP contribution in [-0.4, -0.2) is 19.6 Å². The Morgan fingerprint density at radius 2 is 1.65 bits per heavy atom. The first-order valence-electron chi connectivity index (χ1n) is 8.24. The molecule has 0 aromatic heterocycles. The monoisotopic (exact) mass is 294 g/mol. The fraction of sp³-hybridized carbons (Fsp3) is 0.667. The van der Waals surface area contributed by atoms with Gasteiger partial charge >= 0.3 is 0 Å². The second-order valence-electron chi connectivity index (χ2n) is 6.72. The molecular formula is C18H29ClN+. The molecule has 0 radical (unpaired) electrons. The molecule has 1 atom stereocenters. The van der Waals surface area contributed by atoms with Gasteiger partial charge in [0.05, 0.1) is 19.6 Å². The van der Waals surface area contributed by atoms with Gasteiger partial charge in [0.15, 0.2) is 0 Å². The van der Waals surface area contributed by atoms with Crippen molar-refractivity contribution in [2.24, 2.45) is 5.92 Å². The molecule has 1 aromatic rings. The average molecular weight is 295 g/mol. The lowest BCUT2D eigenvalue weighted by molar-refractivity contribution is -0.887. The smallest absolute Gasteiger partial charge is 0.0776 e. The zero-order chi connectivity index (χ0) is 14.4. The highest BCUT2D eigenvalue weighted by Gasteiger charge is 2.19. The molecule has 1 saturated heterocycles. The van der Waals surface area contributed by atoms with Crippen molar-refractivity contribution >= 4 is 11.6 Å². The highest BCUT2D eigenvalue weighted by molar-refractivity contribution is 6.30. The normalized spacial score (nSPS) is 17.8. The number of nitrogens with one attached hydrogen (secondary N) is 1. The number of quaternary nitrogens is 1. The van der Waals surface area contributed by atoms with Gasteiger partial charge < -0.3 is 4.90 Å². The third kappa shape index (κ3) is 5.10. The van der Waals surface area contributed by atoms with E-state index in [2.05, 4.69) is 26.0 Å². The van der Waals surface area contributed by atoms with Gasteiger partial charge in [0.25, 0.3) is 0 Å². The predicted molar refractivity (Wildman–Crippen MR) is 87.7 cm³/mol. The van der Waals surface area contributed by atoms with Crippen LogP contribution in [0.15, 0.2) is 24.3 Å². The quantitative estimate of drug-likeness (QED) is 0.777. The SMILES string of the molecule is CC(C)CC[C@@H](CC[NH+]1CCCC1)c1ccc(Cl)cc1. The third-order valence-corrected chi connectivity index (χ3v) is 4.84. The van der Waals surface area contributed by atoms with Crippen molar-refractivity contribution in [1.29, 1.82) is 0 Å². The van der Waals surface area contributed by atoms with Crippen LogP contribution in [0, 0.1) is 5.92 Å². The first-order valence-corrected chi connectivity index (χ1v) is 8.62. The van der Waals surface area contributed by atoms with E-state index in [0.717, 1.165) is 10.9 Å². The Balaban J connectivity index is 1.93. The fourth-order valence-corrected chi connectivity index (χ4v) is 3.38. The van der Waals surface area contributed by atoms with E-state index in [1.165, 1.54) is 57.3 Å². The summed E-state index contributed by atoms with van der Waals surface area (Å²) in [6, 6.07) is 8.54. The summed E-state index contributed by atoms with van der Waals surface area (Å²) in [5.41, 5.74) is 1.48. The van der Waals surface area contributed by atoms with Crippen LogP contribution in [0.1, 0.15) is 57.4 Å². The summed E-state index contributed by atoms with van der Waals surface area (Å²) in [6.45, 7) is 8.76. The summed E-state index contributed by atoms with van der Waals surface area (Å²) in [5, 5.41) is 0.849. The molecule has 0 amide bonds. The lowest BCUT2D eigenvalue weighted by Gasteiger charge is -2.21. The molecule has 2 rings (SSSR count). The standard InChI is InChI=1S/C18H28ClN/c1-15(2)5-6-17(11-14-20-12-3-4-13-20)16-7-9-18(19)10-8-16/h7-10,15,17H,3-6,11-14H2,1-2H3/p+1/t17-/m0/s1. The Hall–Kier alpha value is -0.530. The van der Waals surface area contributed by atoms with Crippen LogP contribution >= 0.6 is 11.6 Å². The maximum absolute atomic E-state index is 6.02. The molecule has 0 bridgehead atoms. The van der Waals surface area contributed by atoms with Crippen LogP contribution in [-0.2, 0) is 0 Å². The van der Waals surface area contributed by atoms with E-state index in [9.17, 15) is 0 Å². The van der Waals surface area contributed by atoms with Crippen molar-refractivity contribution in [3.05, 3.63) is 34.9 Å². The first kappa shape index (κ1) is 15.9. The molecule has 1 aliphatic rings. The van der Waals surface area contributed by atoms with E-state index in [4.69, 9.17) is 11.6 Å². The van der Waals surface area contributed by atoms with Crippen LogP contribution in [0.2, 0.25) is 5.02 Å². The zero-order valence-corrected chi connectivity index (χ0v) is 13.8. The van der Waals surface area contributed by atoms with Crippen molar-refractivity contribution in [3.8, 4) is 0 Å². The van der Waals surface area contributed by atoms with Gasteiger partial charge in [0.1, 0.15) is 0 Å². The van der Waals surface area contributed by atoms with E-state index in [-0.39, 0.29) is 0 Å². The van der Waals surface area contributed by atoms with Gasteiger partial charge in [-0.15, -0.1) is 0 Å². The summed E-state index contributed by atoms with van der Waals surface area (Å²) in [7, 11) is 0. The molecule has 0 spiro atoms. The molecule has 0 unspecified atom stereocenters. The fourth-order valence-electron chi connectivity index (χ4n) is 3.25. The van der Waals surface area contributed by atoms with Gasteiger partial charge in [0, 0.05) is 24.3 Å². The Kier molecular flexibility index (Phi) is 6.38. The summed E-state index contributed by atoms with van der Waals surface area (Å²) >= 11 is 6.02. The average Bonchev–Trinajstić information content (AvgIpc) is 2.93. The molecule has 1 fully saturated rings. The number of benzene rings is 1. The Labute approximate surface area is 129 Å². The lowest BCUT2D eigenvalue weighted by atomic mass is 9.88. The van der Waals surface area contributed by atoms with Crippen LogP contribution in [0.4, 0.5) is 0 Å². The molecule has 1 aliphatic heterocycles. The Bertz CT molecular complexity index is 379. The second-order valence-corrected chi connectivity index (χ2v) is 7.15. The topological polar surface area (TPSA) is 4.44 Å². The molecule has 1 aromatic carbocycles. The molecule has 20 heavy (non-hydrogen) atoms. The molecule has 1 heterocycles. The molecular weight excluding hydrogens is 266 g/mol. The van der Waals surface area contributed by atoms with E-state index in [1.807, 2.05) is 17.0 Å². The third-order valence-electron chi connectivity index (χ3n) is 4.59. The van der Waals surface area contributed by atoms with Gasteiger partial charge in [-0.25, -0.2) is 0 Å². The largest absolute Gasteiger partial charge is 0.335 e. The van der Waals surface area contributed by atoms with Crippen LogP contribution in [0.3, 0.4) is 0 Å². The van der Waals surface area contributed by atoms with Crippen LogP contribution < -0.4 is 4.90 Å². The molecule has 1 N–H and O–H groups in total. The highest BCUT2D eigenvalue weighted by atomic mass is 35.5. The van der Waals surface area contributed by atoms with Crippen molar-refractivity contribution in [2.75, 3.05) is 19.6 Å². The number of rotatable bonds is 7. The van der Waals surface area contributed by atoms with E-state index >= 15 is 0 Å². The first-order chi connectivity index (χ1) is 9.65. The minimum absolute atomic E-state index is 0.711. The maximum atomic E-state index is 6.02. The number of hydrogen-bond acceptors (Lipinski definition) is 0. The van der Waals surface area contributed by atoms with Crippen molar-refractivity contribution in [2.45, 2.75) is 51.9 Å². The summed E-state index contributed by atoms with van der Waals surface area (Å²) in [5.74, 6) is 1.51. The summed E-state index contributed by atoms with van der Waals surface area (Å²) in [4.78, 5) is 1.81. The minimum atomic E-state index is 0.711. The van der Waals surface area contributed by atoms with Gasteiger partial charge in [-0.3, -0.25) is 0 Å². The van der Waals surface area contributed by atoms with Gasteiger partial charge in [-0.05, 0) is 36.0 Å². The number of likely N-dealkylation sites (tertiary alicyclic amines) is 1. The summed E-state index contributed by atoms with van der Waals surface area (Å²) in [6.07, 6.45) is 6.80. The van der Waals surface area contributed by atoms with Crippen molar-refractivity contribution < 1.29 is 4.90 Å². The molecule has 0 aliphatic carbocycles. The second kappa shape index (κ2) is 8.05. The van der Waals surface area contributed by atoms with Gasteiger partial charge in [-0.2, -0.15) is 0 Å². The van der Waals surface area contributed by atoms with E-state index < -0.39 is 0 Å². The van der Waals surface area contributed by atoms with E-state index in [1.54, 1.807) is 0 Å². The molecule has 1 nitrogen and oxygen atoms in total. The lowest BCUT2D eigenvalue weighted by Crippen LogP contribution is -3.10. The van der Waals surface area contributed by atoms with Gasteiger partial charge in [0.2, 0.25) is 0 Å². The molecule has 2 heteroatoms. The Morgan fingerprint density at radius 3 is 2.25 bits per heavy atom. The number of hydrogen-bond donors (Lipinski definition) is 1. The Morgan fingerprint density at radius 1 is 1.00 bits per heavy atom. The predicted octanol–water partition coefficient (Wildman–Crippen LogP) is 3.93. The van der Waals surface area contributed by atoms with Gasteiger partial charge in [-0.1, -0.05) is 44.0 Å². The highest BCUT2D eigenvalue weighted by Crippen LogP contribution is 2.27. The molecule has 112 valence electrons. The maximum Gasteiger partial charge on any atom is 0.0776 e. The van der Waals surface area contributed by atoms with Crippen molar-refractivity contribution in [1.82, 2.24) is 0 Å². The van der Waals surface area contributed by atoms with Crippen LogP contribution in [0.25, 0.3) is 0 Å². The number of halogens is 1. The summed E-state index contributed by atoms with van der Waals surface area (Å²) < 4.78 is 0. The zero-order valence-electron chi connectivity index (χ0n) is 13.0. The molecule has 0 saturated carbocycles. The van der Waals surface area contributed by atoms with E-state index in [0.29, 0.717) is 5.92 Å². The van der Waals surface area contributed by atoms with Crippen LogP contribution in [0.5, 0.6) is 0 Å². The van der Waals surface area contributed by atoms with Crippen molar-refractivity contribution in [3.63, 3.8) is 0 Å². The minimum Gasteiger partial charge on any atom is -0.335 e.